The van der Waals surface area contributed by atoms with Crippen molar-refractivity contribution >= 4 is 5.91 Å². The first-order valence-corrected chi connectivity index (χ1v) is 10.7. The molecule has 1 atom stereocenters. The number of aromatic nitrogens is 1. The molecule has 0 radical (unpaired) electrons. The highest BCUT2D eigenvalue weighted by molar-refractivity contribution is 5.83. The van der Waals surface area contributed by atoms with Gasteiger partial charge in [-0.2, -0.15) is 0 Å². The molecule has 3 nitrogen and oxygen atoms in total. The number of amides is 1. The van der Waals surface area contributed by atoms with Crippen molar-refractivity contribution in [2.24, 2.45) is 5.92 Å². The van der Waals surface area contributed by atoms with E-state index in [1.807, 2.05) is 59.6 Å². The first kappa shape index (κ1) is 21.8. The van der Waals surface area contributed by atoms with Crippen molar-refractivity contribution in [3.63, 3.8) is 0 Å². The summed E-state index contributed by atoms with van der Waals surface area (Å²) in [5.41, 5.74) is 3.02. The van der Waals surface area contributed by atoms with Crippen LogP contribution < -0.4 is 0 Å². The van der Waals surface area contributed by atoms with E-state index in [2.05, 4.69) is 25.3 Å². The van der Waals surface area contributed by atoms with E-state index < -0.39 is 0 Å². The van der Waals surface area contributed by atoms with Gasteiger partial charge in [0.2, 0.25) is 5.91 Å². The second-order valence-electron chi connectivity index (χ2n) is 8.24. The van der Waals surface area contributed by atoms with Crippen LogP contribution in [0.25, 0.3) is 0 Å². The molecule has 2 aromatic carbocycles. The summed E-state index contributed by atoms with van der Waals surface area (Å²) in [4.78, 5) is 15.5. The van der Waals surface area contributed by atoms with Gasteiger partial charge in [-0.3, -0.25) is 4.79 Å². The Kier molecular flexibility index (Phi) is 7.45. The topological polar surface area (TPSA) is 25.2 Å². The van der Waals surface area contributed by atoms with Crippen LogP contribution in [0.15, 0.2) is 72.9 Å². The fraction of sp³-hybridized carbons (Fsp3) is 0.346. The Balaban J connectivity index is 1.82. The van der Waals surface area contributed by atoms with E-state index in [0.717, 1.165) is 23.2 Å². The average Bonchev–Trinajstić information content (AvgIpc) is 3.15. The van der Waals surface area contributed by atoms with Crippen molar-refractivity contribution in [2.75, 3.05) is 6.54 Å². The Morgan fingerprint density at radius 1 is 1.03 bits per heavy atom. The molecule has 0 spiro atoms. The maximum absolute atomic E-state index is 13.6. The zero-order valence-electron chi connectivity index (χ0n) is 18.1. The third-order valence-electron chi connectivity index (χ3n) is 5.32. The molecule has 0 aliphatic carbocycles. The first-order chi connectivity index (χ1) is 14.5. The molecule has 0 aliphatic heterocycles. The Bertz CT molecular complexity index is 948. The molecular formula is C26H31FN2O. The summed E-state index contributed by atoms with van der Waals surface area (Å²) in [6.45, 7) is 8.16. The van der Waals surface area contributed by atoms with Crippen LogP contribution in [-0.2, 0) is 17.9 Å². The van der Waals surface area contributed by atoms with Crippen LogP contribution >= 0.6 is 0 Å². The number of hydrogen-bond donors (Lipinski definition) is 0. The minimum absolute atomic E-state index is 0.142. The van der Waals surface area contributed by atoms with Gasteiger partial charge in [0.25, 0.3) is 0 Å². The lowest BCUT2D eigenvalue weighted by Gasteiger charge is -2.29. The lowest BCUT2D eigenvalue weighted by Crippen LogP contribution is -2.37. The molecule has 3 rings (SSSR count). The van der Waals surface area contributed by atoms with E-state index in [9.17, 15) is 9.18 Å². The van der Waals surface area contributed by atoms with E-state index in [1.54, 1.807) is 12.1 Å². The standard InChI is InChI=1S/C26H31FN2O/c1-4-25(22-11-6-5-7-12-22)26(30)29(17-20(2)3)19-24-14-9-15-28(24)18-21-10-8-13-23(27)16-21/h5-16,20,25H,4,17-19H2,1-3H3/t25-/m0/s1. The Labute approximate surface area is 179 Å². The number of rotatable bonds is 9. The van der Waals surface area contributed by atoms with Crippen LogP contribution in [0.2, 0.25) is 0 Å². The van der Waals surface area contributed by atoms with E-state index in [1.165, 1.54) is 6.07 Å². The zero-order chi connectivity index (χ0) is 21.5. The predicted octanol–water partition coefficient (Wildman–Crippen LogP) is 5.85. The van der Waals surface area contributed by atoms with Crippen molar-refractivity contribution < 1.29 is 9.18 Å². The van der Waals surface area contributed by atoms with Crippen LogP contribution in [-0.4, -0.2) is 21.9 Å². The second kappa shape index (κ2) is 10.2. The maximum atomic E-state index is 13.6. The fourth-order valence-electron chi connectivity index (χ4n) is 3.91. The van der Waals surface area contributed by atoms with E-state index in [-0.39, 0.29) is 17.6 Å². The molecular weight excluding hydrogens is 375 g/mol. The summed E-state index contributed by atoms with van der Waals surface area (Å²) in [5, 5.41) is 0. The van der Waals surface area contributed by atoms with Gasteiger partial charge < -0.3 is 9.47 Å². The molecule has 1 aromatic heterocycles. The highest BCUT2D eigenvalue weighted by atomic mass is 19.1. The summed E-state index contributed by atoms with van der Waals surface area (Å²) in [6, 6.07) is 20.7. The monoisotopic (exact) mass is 406 g/mol. The Hall–Kier alpha value is -2.88. The van der Waals surface area contributed by atoms with Crippen LogP contribution in [0.5, 0.6) is 0 Å². The lowest BCUT2D eigenvalue weighted by molar-refractivity contribution is -0.134. The molecule has 0 fully saturated rings. The quantitative estimate of drug-likeness (QED) is 0.437. The molecule has 0 bridgehead atoms. The molecule has 0 unspecified atom stereocenters. The maximum Gasteiger partial charge on any atom is 0.230 e. The number of benzene rings is 2. The van der Waals surface area contributed by atoms with E-state index in [4.69, 9.17) is 0 Å². The molecule has 4 heteroatoms. The van der Waals surface area contributed by atoms with Crippen LogP contribution in [0.1, 0.15) is 49.9 Å². The number of carbonyl (C=O) groups is 1. The van der Waals surface area contributed by atoms with Gasteiger partial charge in [0.05, 0.1) is 12.5 Å². The molecule has 0 aliphatic rings. The molecule has 30 heavy (non-hydrogen) atoms. The second-order valence-corrected chi connectivity index (χ2v) is 8.24. The number of hydrogen-bond acceptors (Lipinski definition) is 1. The smallest absolute Gasteiger partial charge is 0.230 e. The Morgan fingerprint density at radius 3 is 2.47 bits per heavy atom. The van der Waals surface area contributed by atoms with Gasteiger partial charge in [-0.1, -0.05) is 63.2 Å². The van der Waals surface area contributed by atoms with Crippen molar-refractivity contribution in [1.82, 2.24) is 9.47 Å². The van der Waals surface area contributed by atoms with E-state index in [0.29, 0.717) is 25.6 Å². The SMILES string of the molecule is CC[C@H](C(=O)N(Cc1cccn1Cc1cccc(F)c1)CC(C)C)c1ccccc1. The van der Waals surface area contributed by atoms with Gasteiger partial charge in [-0.25, -0.2) is 4.39 Å². The third kappa shape index (κ3) is 5.59. The molecule has 3 aromatic rings. The number of carbonyl (C=O) groups excluding carboxylic acids is 1. The van der Waals surface area contributed by atoms with Crippen LogP contribution in [0.3, 0.4) is 0 Å². The third-order valence-corrected chi connectivity index (χ3v) is 5.32. The molecule has 0 N–H and O–H groups in total. The summed E-state index contributed by atoms with van der Waals surface area (Å²) < 4.78 is 15.7. The van der Waals surface area contributed by atoms with Gasteiger partial charge >= 0.3 is 0 Å². The van der Waals surface area contributed by atoms with Crippen LogP contribution in [0.4, 0.5) is 4.39 Å². The molecule has 0 saturated heterocycles. The largest absolute Gasteiger partial charge is 0.345 e. The summed E-state index contributed by atoms with van der Waals surface area (Å²) in [7, 11) is 0. The van der Waals surface area contributed by atoms with Gasteiger partial charge in [-0.15, -0.1) is 0 Å². The summed E-state index contributed by atoms with van der Waals surface area (Å²) in [6.07, 6.45) is 2.76. The highest BCUT2D eigenvalue weighted by Gasteiger charge is 2.25. The van der Waals surface area contributed by atoms with Crippen molar-refractivity contribution in [1.29, 1.82) is 0 Å². The van der Waals surface area contributed by atoms with Crippen molar-refractivity contribution in [3.8, 4) is 0 Å². The van der Waals surface area contributed by atoms with Crippen LogP contribution in [0, 0.1) is 11.7 Å². The normalized spacial score (nSPS) is 12.2. The minimum atomic E-state index is -0.230. The fourth-order valence-corrected chi connectivity index (χ4v) is 3.91. The number of halogens is 1. The molecule has 1 heterocycles. The van der Waals surface area contributed by atoms with Gasteiger partial charge in [0, 0.05) is 25.0 Å². The molecule has 1 amide bonds. The molecule has 158 valence electrons. The summed E-state index contributed by atoms with van der Waals surface area (Å²) >= 11 is 0. The first-order valence-electron chi connectivity index (χ1n) is 10.7. The van der Waals surface area contributed by atoms with Gasteiger partial charge in [0.1, 0.15) is 5.82 Å². The summed E-state index contributed by atoms with van der Waals surface area (Å²) in [5.74, 6) is 0.160. The molecule has 0 saturated carbocycles. The van der Waals surface area contributed by atoms with Gasteiger partial charge in [-0.05, 0) is 47.7 Å². The lowest BCUT2D eigenvalue weighted by atomic mass is 9.94. The van der Waals surface area contributed by atoms with Gasteiger partial charge in [0.15, 0.2) is 0 Å². The highest BCUT2D eigenvalue weighted by Crippen LogP contribution is 2.24. The zero-order valence-corrected chi connectivity index (χ0v) is 18.1. The van der Waals surface area contributed by atoms with Crippen molar-refractivity contribution in [2.45, 2.75) is 46.2 Å². The van der Waals surface area contributed by atoms with Crippen molar-refractivity contribution in [3.05, 3.63) is 95.6 Å². The Morgan fingerprint density at radius 2 is 1.80 bits per heavy atom. The number of nitrogens with zero attached hydrogens (tertiary/aromatic N) is 2. The minimum Gasteiger partial charge on any atom is -0.345 e. The average molecular weight is 407 g/mol. The van der Waals surface area contributed by atoms with E-state index >= 15 is 0 Å². The predicted molar refractivity (Wildman–Crippen MR) is 120 cm³/mol.